The first-order chi connectivity index (χ1) is 11.7. The third-order valence-electron chi connectivity index (χ3n) is 4.60. The number of hydrazone groups is 1. The van der Waals surface area contributed by atoms with Crippen LogP contribution in [0.1, 0.15) is 23.6 Å². The molecule has 2 aromatic rings. The lowest BCUT2D eigenvalue weighted by Gasteiger charge is -2.30. The van der Waals surface area contributed by atoms with Crippen molar-refractivity contribution in [1.29, 1.82) is 0 Å². The molecule has 24 heavy (non-hydrogen) atoms. The van der Waals surface area contributed by atoms with Gasteiger partial charge in [0, 0.05) is 10.6 Å². The topological polar surface area (TPSA) is 20.0 Å². The number of nitrogens with one attached hydrogen (secondary N) is 1. The van der Waals surface area contributed by atoms with Crippen molar-refractivity contribution >= 4 is 17.8 Å². The number of nitrogens with zero attached hydrogens (tertiary/aromatic N) is 2. The maximum atomic E-state index is 6.26. The molecule has 3 nitrogen and oxygen atoms in total. The Hall–Kier alpha value is -1.84. The zero-order chi connectivity index (χ0) is 16.8. The molecule has 1 saturated heterocycles. The molecule has 1 N–H and O–H groups in total. The number of hydrogen-bond acceptors (Lipinski definition) is 2. The molecule has 0 amide bonds. The van der Waals surface area contributed by atoms with E-state index in [1.54, 1.807) is 4.90 Å². The van der Waals surface area contributed by atoms with Gasteiger partial charge in [-0.15, -0.1) is 0 Å². The summed E-state index contributed by atoms with van der Waals surface area (Å²) in [7, 11) is 0. The first-order valence-electron chi connectivity index (χ1n) is 8.69. The Kier molecular flexibility index (Phi) is 5.89. The van der Waals surface area contributed by atoms with Gasteiger partial charge in [0.15, 0.2) is 0 Å². The van der Waals surface area contributed by atoms with Gasteiger partial charge in [-0.25, -0.2) is 0 Å². The molecule has 2 aromatic carbocycles. The van der Waals surface area contributed by atoms with Gasteiger partial charge in [0.1, 0.15) is 6.54 Å². The first-order valence-corrected chi connectivity index (χ1v) is 9.07. The van der Waals surface area contributed by atoms with E-state index in [4.69, 9.17) is 11.6 Å². The maximum Gasteiger partial charge on any atom is 0.104 e. The van der Waals surface area contributed by atoms with Crippen molar-refractivity contribution in [3.8, 4) is 0 Å². The highest BCUT2D eigenvalue weighted by molar-refractivity contribution is 6.31. The van der Waals surface area contributed by atoms with E-state index in [1.807, 2.05) is 18.3 Å². The Morgan fingerprint density at radius 3 is 2.46 bits per heavy atom. The maximum absolute atomic E-state index is 6.26. The van der Waals surface area contributed by atoms with E-state index in [1.165, 1.54) is 11.1 Å². The Morgan fingerprint density at radius 2 is 1.79 bits per heavy atom. The highest BCUT2D eigenvalue weighted by atomic mass is 35.5. The molecule has 1 aliphatic heterocycles. The van der Waals surface area contributed by atoms with Gasteiger partial charge in [0.05, 0.1) is 32.4 Å². The zero-order valence-electron chi connectivity index (χ0n) is 14.2. The molecule has 0 saturated carbocycles. The molecule has 0 aromatic heterocycles. The predicted molar refractivity (Wildman–Crippen MR) is 101 cm³/mol. The van der Waals surface area contributed by atoms with Crippen LogP contribution in [0.25, 0.3) is 0 Å². The van der Waals surface area contributed by atoms with Crippen LogP contribution >= 0.6 is 11.6 Å². The number of quaternary nitrogens is 1. The normalized spacial score (nSPS) is 16.0. The average molecular weight is 343 g/mol. The van der Waals surface area contributed by atoms with Gasteiger partial charge in [-0.2, -0.15) is 5.10 Å². The van der Waals surface area contributed by atoms with Crippen LogP contribution in [0.5, 0.6) is 0 Å². The van der Waals surface area contributed by atoms with Crippen LogP contribution in [0.15, 0.2) is 53.6 Å². The fourth-order valence-electron chi connectivity index (χ4n) is 3.00. The number of halogens is 1. The van der Waals surface area contributed by atoms with Gasteiger partial charge < -0.3 is 4.90 Å². The molecule has 1 fully saturated rings. The summed E-state index contributed by atoms with van der Waals surface area (Å²) < 4.78 is 0. The number of aryl methyl sites for hydroxylation is 1. The minimum atomic E-state index is 0.876. The quantitative estimate of drug-likeness (QED) is 0.828. The third kappa shape index (κ3) is 4.59. The molecule has 0 unspecified atom stereocenters. The highest BCUT2D eigenvalue weighted by Gasteiger charge is 2.19. The molecular formula is C20H25ClN3+. The number of benzene rings is 2. The molecular weight excluding hydrogens is 318 g/mol. The van der Waals surface area contributed by atoms with Gasteiger partial charge in [0.2, 0.25) is 0 Å². The minimum absolute atomic E-state index is 0.876. The van der Waals surface area contributed by atoms with E-state index in [2.05, 4.69) is 53.4 Å². The lowest BCUT2D eigenvalue weighted by Crippen LogP contribution is -3.13. The predicted octanol–water partition coefficient (Wildman–Crippen LogP) is 2.64. The van der Waals surface area contributed by atoms with Gasteiger partial charge in [-0.1, -0.05) is 61.0 Å². The largest absolute Gasteiger partial charge is 0.328 e. The van der Waals surface area contributed by atoms with E-state index < -0.39 is 0 Å². The molecule has 0 radical (unpaired) electrons. The average Bonchev–Trinajstić information content (AvgIpc) is 2.63. The van der Waals surface area contributed by atoms with Gasteiger partial charge in [-0.3, -0.25) is 5.01 Å². The molecule has 0 bridgehead atoms. The second kappa shape index (κ2) is 8.32. The van der Waals surface area contributed by atoms with Crippen LogP contribution in [-0.4, -0.2) is 37.4 Å². The van der Waals surface area contributed by atoms with Crippen LogP contribution in [0.2, 0.25) is 5.02 Å². The summed E-state index contributed by atoms with van der Waals surface area (Å²) >= 11 is 6.26. The van der Waals surface area contributed by atoms with Crippen LogP contribution in [0.4, 0.5) is 0 Å². The summed E-state index contributed by atoms with van der Waals surface area (Å²) in [5, 5.41) is 7.68. The number of rotatable bonds is 5. The van der Waals surface area contributed by atoms with E-state index in [0.29, 0.717) is 0 Å². The summed E-state index contributed by atoms with van der Waals surface area (Å²) in [6.45, 7) is 7.34. The van der Waals surface area contributed by atoms with Crippen molar-refractivity contribution in [2.45, 2.75) is 19.9 Å². The third-order valence-corrected chi connectivity index (χ3v) is 4.97. The summed E-state index contributed by atoms with van der Waals surface area (Å²) in [4.78, 5) is 1.57. The van der Waals surface area contributed by atoms with Crippen molar-refractivity contribution < 1.29 is 4.90 Å². The van der Waals surface area contributed by atoms with Crippen LogP contribution < -0.4 is 4.90 Å². The molecule has 0 aliphatic carbocycles. The van der Waals surface area contributed by atoms with E-state index >= 15 is 0 Å². The Morgan fingerprint density at radius 1 is 1.08 bits per heavy atom. The Labute approximate surface area is 149 Å². The van der Waals surface area contributed by atoms with Crippen molar-refractivity contribution in [3.05, 3.63) is 70.2 Å². The van der Waals surface area contributed by atoms with Gasteiger partial charge in [0.25, 0.3) is 0 Å². The summed E-state index contributed by atoms with van der Waals surface area (Å²) in [6, 6.07) is 16.8. The SMILES string of the molecule is CCc1ccc(C=NN2CC[NH+](Cc3ccccc3Cl)CC2)cc1. The summed E-state index contributed by atoms with van der Waals surface area (Å²) in [5.41, 5.74) is 3.77. The van der Waals surface area contributed by atoms with E-state index in [9.17, 15) is 0 Å². The second-order valence-corrected chi connectivity index (χ2v) is 6.72. The zero-order valence-corrected chi connectivity index (χ0v) is 15.0. The van der Waals surface area contributed by atoms with E-state index in [-0.39, 0.29) is 0 Å². The summed E-state index contributed by atoms with van der Waals surface area (Å²) in [6.07, 6.45) is 3.05. The molecule has 0 spiro atoms. The lowest BCUT2D eigenvalue weighted by molar-refractivity contribution is -0.918. The molecule has 1 heterocycles. The van der Waals surface area contributed by atoms with Crippen LogP contribution in [0.3, 0.4) is 0 Å². The van der Waals surface area contributed by atoms with Crippen molar-refractivity contribution in [3.63, 3.8) is 0 Å². The number of piperazine rings is 1. The fraction of sp³-hybridized carbons (Fsp3) is 0.350. The monoisotopic (exact) mass is 342 g/mol. The molecule has 3 rings (SSSR count). The van der Waals surface area contributed by atoms with Gasteiger partial charge in [-0.05, 0) is 23.6 Å². The van der Waals surface area contributed by atoms with Crippen molar-refractivity contribution in [2.75, 3.05) is 26.2 Å². The van der Waals surface area contributed by atoms with Crippen molar-refractivity contribution in [1.82, 2.24) is 5.01 Å². The second-order valence-electron chi connectivity index (χ2n) is 6.31. The molecule has 4 heteroatoms. The molecule has 126 valence electrons. The highest BCUT2D eigenvalue weighted by Crippen LogP contribution is 2.13. The minimum Gasteiger partial charge on any atom is -0.328 e. The molecule has 0 atom stereocenters. The standard InChI is InChI=1S/C20H24ClN3/c1-2-17-7-9-18(10-8-17)15-22-24-13-11-23(12-14-24)16-19-5-3-4-6-20(19)21/h3-10,15H,2,11-14,16H2,1H3/p+1. The molecule has 1 aliphatic rings. The van der Waals surface area contributed by atoms with Crippen LogP contribution in [-0.2, 0) is 13.0 Å². The summed E-state index contributed by atoms with van der Waals surface area (Å²) in [5.74, 6) is 0. The van der Waals surface area contributed by atoms with E-state index in [0.717, 1.165) is 49.7 Å². The Bertz CT molecular complexity index is 674. The van der Waals surface area contributed by atoms with Crippen LogP contribution in [0, 0.1) is 0 Å². The first kappa shape index (κ1) is 17.0. The number of hydrogen-bond donors (Lipinski definition) is 1. The fourth-order valence-corrected chi connectivity index (χ4v) is 3.20. The Balaban J connectivity index is 1.49. The van der Waals surface area contributed by atoms with Gasteiger partial charge >= 0.3 is 0 Å². The smallest absolute Gasteiger partial charge is 0.104 e. The van der Waals surface area contributed by atoms with Crippen molar-refractivity contribution in [2.24, 2.45) is 5.10 Å². The lowest BCUT2D eigenvalue weighted by atomic mass is 10.1.